The normalized spacial score (nSPS) is 10.5. The summed E-state index contributed by atoms with van der Waals surface area (Å²) < 4.78 is 0. The molecule has 5 heteroatoms. The standard InChI is InChI=1S/C12H12Cl2N2S/c1-16(7-9-3-2-4-17-9)12-10(13)5-8(15)6-11(12)14/h2-6H,7,15H2,1H3. The number of nitrogens with zero attached hydrogens (tertiary/aromatic N) is 1. The van der Waals surface area contributed by atoms with Crippen LogP contribution in [0.15, 0.2) is 29.6 Å². The maximum absolute atomic E-state index is 6.17. The first kappa shape index (κ1) is 12.6. The molecule has 1 heterocycles. The van der Waals surface area contributed by atoms with Crippen molar-refractivity contribution in [1.82, 2.24) is 0 Å². The molecule has 0 aliphatic rings. The van der Waals surface area contributed by atoms with E-state index in [0.717, 1.165) is 12.2 Å². The van der Waals surface area contributed by atoms with Gasteiger partial charge < -0.3 is 10.6 Å². The van der Waals surface area contributed by atoms with Crippen LogP contribution in [0.1, 0.15) is 4.88 Å². The van der Waals surface area contributed by atoms with E-state index in [1.807, 2.05) is 18.0 Å². The van der Waals surface area contributed by atoms with Crippen LogP contribution in [0.4, 0.5) is 11.4 Å². The van der Waals surface area contributed by atoms with Crippen LogP contribution in [0.2, 0.25) is 10.0 Å². The molecule has 1 aromatic heterocycles. The lowest BCUT2D eigenvalue weighted by Crippen LogP contribution is -2.16. The highest BCUT2D eigenvalue weighted by Gasteiger charge is 2.12. The van der Waals surface area contributed by atoms with E-state index >= 15 is 0 Å². The second-order valence-corrected chi connectivity index (χ2v) is 5.62. The molecule has 1 aromatic carbocycles. The number of anilines is 2. The number of nitrogen functional groups attached to an aromatic ring is 1. The van der Waals surface area contributed by atoms with Gasteiger partial charge in [0.1, 0.15) is 0 Å². The Kier molecular flexibility index (Phi) is 3.82. The lowest BCUT2D eigenvalue weighted by molar-refractivity contribution is 0.941. The molecule has 0 saturated heterocycles. The Hall–Kier alpha value is -0.900. The highest BCUT2D eigenvalue weighted by molar-refractivity contribution is 7.09. The lowest BCUT2D eigenvalue weighted by Gasteiger charge is -2.21. The first-order chi connectivity index (χ1) is 8.08. The molecular formula is C12H12Cl2N2S. The topological polar surface area (TPSA) is 29.3 Å². The molecule has 90 valence electrons. The minimum Gasteiger partial charge on any atom is -0.399 e. The third-order valence-electron chi connectivity index (χ3n) is 2.39. The summed E-state index contributed by atoms with van der Waals surface area (Å²) >= 11 is 14.0. The van der Waals surface area contributed by atoms with E-state index in [-0.39, 0.29) is 0 Å². The van der Waals surface area contributed by atoms with Crippen molar-refractivity contribution in [2.75, 3.05) is 17.7 Å². The van der Waals surface area contributed by atoms with Crippen LogP contribution in [-0.4, -0.2) is 7.05 Å². The maximum Gasteiger partial charge on any atom is 0.0747 e. The zero-order chi connectivity index (χ0) is 12.4. The fraction of sp³-hybridized carbons (Fsp3) is 0.167. The molecule has 2 aromatic rings. The van der Waals surface area contributed by atoms with E-state index in [9.17, 15) is 0 Å². The van der Waals surface area contributed by atoms with Crippen LogP contribution in [0.5, 0.6) is 0 Å². The molecule has 0 aliphatic heterocycles. The highest BCUT2D eigenvalue weighted by atomic mass is 35.5. The SMILES string of the molecule is CN(Cc1cccs1)c1c(Cl)cc(N)cc1Cl. The van der Waals surface area contributed by atoms with Crippen molar-refractivity contribution < 1.29 is 0 Å². The molecule has 2 N–H and O–H groups in total. The van der Waals surface area contributed by atoms with Crippen molar-refractivity contribution in [3.8, 4) is 0 Å². The molecule has 0 unspecified atom stereocenters. The third-order valence-corrected chi connectivity index (χ3v) is 3.83. The summed E-state index contributed by atoms with van der Waals surface area (Å²) in [6.07, 6.45) is 0. The second-order valence-electron chi connectivity index (χ2n) is 3.77. The van der Waals surface area contributed by atoms with Crippen LogP contribution in [-0.2, 0) is 6.54 Å². The quantitative estimate of drug-likeness (QED) is 0.854. The largest absolute Gasteiger partial charge is 0.399 e. The Morgan fingerprint density at radius 2 is 1.94 bits per heavy atom. The van der Waals surface area contributed by atoms with Gasteiger partial charge >= 0.3 is 0 Å². The molecule has 0 aliphatic carbocycles. The molecule has 0 fully saturated rings. The van der Waals surface area contributed by atoms with Gasteiger partial charge in [0.15, 0.2) is 0 Å². The van der Waals surface area contributed by atoms with Crippen molar-refractivity contribution in [3.05, 3.63) is 44.6 Å². The van der Waals surface area contributed by atoms with Gasteiger partial charge in [-0.05, 0) is 23.6 Å². The predicted molar refractivity (Wildman–Crippen MR) is 77.3 cm³/mol. The Morgan fingerprint density at radius 3 is 2.47 bits per heavy atom. The molecule has 0 spiro atoms. The van der Waals surface area contributed by atoms with Crippen LogP contribution in [0, 0.1) is 0 Å². The summed E-state index contributed by atoms with van der Waals surface area (Å²) in [5, 5.41) is 3.21. The summed E-state index contributed by atoms with van der Waals surface area (Å²) in [6, 6.07) is 7.54. The zero-order valence-electron chi connectivity index (χ0n) is 9.28. The van der Waals surface area contributed by atoms with E-state index in [2.05, 4.69) is 11.4 Å². The average Bonchev–Trinajstić information content (AvgIpc) is 2.68. The lowest BCUT2D eigenvalue weighted by atomic mass is 10.2. The Morgan fingerprint density at radius 1 is 1.29 bits per heavy atom. The van der Waals surface area contributed by atoms with Gasteiger partial charge in [0.25, 0.3) is 0 Å². The zero-order valence-corrected chi connectivity index (χ0v) is 11.6. The van der Waals surface area contributed by atoms with Crippen LogP contribution in [0.3, 0.4) is 0 Å². The van der Waals surface area contributed by atoms with E-state index in [0.29, 0.717) is 15.7 Å². The summed E-state index contributed by atoms with van der Waals surface area (Å²) in [5.41, 5.74) is 7.07. The van der Waals surface area contributed by atoms with Crippen LogP contribution < -0.4 is 10.6 Å². The molecule has 0 amide bonds. The van der Waals surface area contributed by atoms with Gasteiger partial charge in [-0.15, -0.1) is 11.3 Å². The van der Waals surface area contributed by atoms with Crippen LogP contribution in [0.25, 0.3) is 0 Å². The number of benzene rings is 1. The second kappa shape index (κ2) is 5.17. The van der Waals surface area contributed by atoms with Crippen molar-refractivity contribution >= 4 is 45.9 Å². The summed E-state index contributed by atoms with van der Waals surface area (Å²) in [6.45, 7) is 0.779. The Bertz CT molecular complexity index is 488. The molecule has 2 rings (SSSR count). The van der Waals surface area contributed by atoms with Gasteiger partial charge in [-0.2, -0.15) is 0 Å². The smallest absolute Gasteiger partial charge is 0.0747 e. The van der Waals surface area contributed by atoms with E-state index in [1.165, 1.54) is 4.88 Å². The Labute approximate surface area is 115 Å². The molecule has 2 nitrogen and oxygen atoms in total. The van der Waals surface area contributed by atoms with Crippen LogP contribution >= 0.6 is 34.5 Å². The minimum absolute atomic E-state index is 0.577. The number of nitrogens with two attached hydrogens (primary N) is 1. The van der Waals surface area contributed by atoms with Gasteiger partial charge in [-0.25, -0.2) is 0 Å². The van der Waals surface area contributed by atoms with Gasteiger partial charge in [0, 0.05) is 17.6 Å². The van der Waals surface area contributed by atoms with Crippen molar-refractivity contribution in [2.45, 2.75) is 6.54 Å². The summed E-state index contributed by atoms with van der Waals surface area (Å²) in [4.78, 5) is 3.28. The van der Waals surface area contributed by atoms with E-state index in [4.69, 9.17) is 28.9 Å². The van der Waals surface area contributed by atoms with Crippen molar-refractivity contribution in [1.29, 1.82) is 0 Å². The number of hydrogen-bond donors (Lipinski definition) is 1. The monoisotopic (exact) mass is 286 g/mol. The van der Waals surface area contributed by atoms with Gasteiger partial charge in [0.05, 0.1) is 22.3 Å². The van der Waals surface area contributed by atoms with Gasteiger partial charge in [-0.1, -0.05) is 29.3 Å². The maximum atomic E-state index is 6.17. The number of halogens is 2. The third kappa shape index (κ3) is 2.86. The number of thiophene rings is 1. The minimum atomic E-state index is 0.577. The number of rotatable bonds is 3. The first-order valence-electron chi connectivity index (χ1n) is 5.06. The van der Waals surface area contributed by atoms with Crippen molar-refractivity contribution in [2.24, 2.45) is 0 Å². The van der Waals surface area contributed by atoms with Gasteiger partial charge in [-0.3, -0.25) is 0 Å². The van der Waals surface area contributed by atoms with E-state index in [1.54, 1.807) is 23.5 Å². The highest BCUT2D eigenvalue weighted by Crippen LogP contribution is 2.36. The molecule has 17 heavy (non-hydrogen) atoms. The van der Waals surface area contributed by atoms with E-state index < -0.39 is 0 Å². The molecule has 0 radical (unpaired) electrons. The molecule has 0 saturated carbocycles. The first-order valence-corrected chi connectivity index (χ1v) is 6.69. The summed E-state index contributed by atoms with van der Waals surface area (Å²) in [7, 11) is 1.96. The molecule has 0 atom stereocenters. The number of hydrogen-bond acceptors (Lipinski definition) is 3. The van der Waals surface area contributed by atoms with Crippen molar-refractivity contribution in [3.63, 3.8) is 0 Å². The summed E-state index contributed by atoms with van der Waals surface area (Å²) in [5.74, 6) is 0. The Balaban J connectivity index is 2.27. The fourth-order valence-electron chi connectivity index (χ4n) is 1.67. The molecular weight excluding hydrogens is 275 g/mol. The molecule has 0 bridgehead atoms. The van der Waals surface area contributed by atoms with Gasteiger partial charge in [0.2, 0.25) is 0 Å². The predicted octanol–water partition coefficient (Wildman–Crippen LogP) is 4.27. The average molecular weight is 287 g/mol. The fourth-order valence-corrected chi connectivity index (χ4v) is 3.21.